The third kappa shape index (κ3) is 23.7. The van der Waals surface area contributed by atoms with Gasteiger partial charge in [-0.2, -0.15) is 0 Å². The average Bonchev–Trinajstić information content (AvgIpc) is 1.79. The Kier molecular flexibility index (Phi) is 32.1. The quantitative estimate of drug-likeness (QED) is 0.0130. The topological polar surface area (TPSA) is 379 Å². The number of ether oxygens (including phenoxy) is 9. The molecule has 0 aliphatic carbocycles. The highest BCUT2D eigenvalue weighted by Gasteiger charge is 2.48. The molecule has 0 amide bonds. The third-order valence-corrected chi connectivity index (χ3v) is 25.3. The van der Waals surface area contributed by atoms with E-state index < -0.39 is 89.0 Å². The second-order valence-electron chi connectivity index (χ2n) is 34.0. The third-order valence-electron chi connectivity index (χ3n) is 21.7. The van der Waals surface area contributed by atoms with Gasteiger partial charge in [0.25, 0.3) is 0 Å². The van der Waals surface area contributed by atoms with Crippen molar-refractivity contribution >= 4 is 50.9 Å². The zero-order valence-electron chi connectivity index (χ0n) is 73.2. The summed E-state index contributed by atoms with van der Waals surface area (Å²) in [6.07, 6.45) is 0.0228. The lowest BCUT2D eigenvalue weighted by molar-refractivity contribution is 0.0394. The van der Waals surface area contributed by atoms with E-state index in [1.54, 1.807) is 139 Å². The number of nitrogens with zero attached hydrogens (tertiary/aromatic N) is 3. The van der Waals surface area contributed by atoms with E-state index >= 15 is 0 Å². The van der Waals surface area contributed by atoms with E-state index in [-0.39, 0.29) is 106 Å². The van der Waals surface area contributed by atoms with Gasteiger partial charge in [0, 0.05) is 63.8 Å². The second-order valence-corrected chi connectivity index (χ2v) is 38.3. The number of carbonyl (C=O) groups is 3. The molecule has 31 heteroatoms. The van der Waals surface area contributed by atoms with Crippen LogP contribution in [0, 0.1) is 11.6 Å². The fourth-order valence-corrected chi connectivity index (χ4v) is 15.8. The van der Waals surface area contributed by atoms with Crippen LogP contribution in [-0.2, 0) is 55.4 Å². The number of rotatable bonds is 36. The summed E-state index contributed by atoms with van der Waals surface area (Å²) < 4.78 is 110. The Bertz CT molecular complexity index is 5120. The number of nitrogens with two attached hydrogens (primary N) is 1. The first-order valence-corrected chi connectivity index (χ1v) is 43.5. The maximum absolute atomic E-state index is 13.8. The van der Waals surface area contributed by atoms with Crippen LogP contribution in [0.4, 0.5) is 8.78 Å². The highest BCUT2D eigenvalue weighted by Crippen LogP contribution is 2.50. The van der Waals surface area contributed by atoms with Gasteiger partial charge >= 0.3 is 0 Å². The second kappa shape index (κ2) is 40.4. The average molecular weight is 1760 g/mol. The molecule has 11 rings (SSSR count). The number of nitrogens with one attached hydrogen (secondary N) is 2. The molecule has 668 valence electrons. The lowest BCUT2D eigenvalue weighted by Crippen LogP contribution is -2.49. The lowest BCUT2D eigenvalue weighted by Gasteiger charge is -2.32. The van der Waals surface area contributed by atoms with E-state index in [0.29, 0.717) is 138 Å². The van der Waals surface area contributed by atoms with Gasteiger partial charge in [0.05, 0.1) is 105 Å². The number of hydrogen-bond acceptors (Lipinski definition) is 24. The summed E-state index contributed by atoms with van der Waals surface area (Å²) in [6, 6.07) is 31.4. The summed E-state index contributed by atoms with van der Waals surface area (Å²) in [5, 5.41) is 63.3. The molecule has 0 spiro atoms. The van der Waals surface area contributed by atoms with Gasteiger partial charge in [0.2, 0.25) is 0 Å². The summed E-state index contributed by atoms with van der Waals surface area (Å²) >= 11 is 6.48. The molecule has 3 aliphatic rings. The van der Waals surface area contributed by atoms with Crippen molar-refractivity contribution < 1.29 is 105 Å². The van der Waals surface area contributed by atoms with Gasteiger partial charge in [0.1, 0.15) is 79.5 Å². The molecule has 6 heterocycles. The molecule has 2 unspecified atom stereocenters. The summed E-state index contributed by atoms with van der Waals surface area (Å²) in [7, 11) is 1.60. The molecule has 0 saturated carbocycles. The Morgan fingerprint density at radius 3 is 1.10 bits per heavy atom. The molecule has 10 N–H and O–H groups in total. The van der Waals surface area contributed by atoms with Gasteiger partial charge in [-0.05, 0) is 243 Å². The first-order chi connectivity index (χ1) is 57.7. The van der Waals surface area contributed by atoms with E-state index in [2.05, 4.69) is 14.4 Å². The number of halogens is 3. The van der Waals surface area contributed by atoms with E-state index in [1.165, 1.54) is 45.6 Å². The maximum atomic E-state index is 13.8. The summed E-state index contributed by atoms with van der Waals surface area (Å²) in [4.78, 5) is 53.3. The SMILES string of the molecule is CC[C@]1(N)COc2c1cc([C@@](C)(O)CCC(=O)c1ccc(OC[C@@H](C)O)c(OC)c1)nc2-c1ccc(F)cc1.CC[C@]1(NS(=O)C(C)(C)C)COc2c1cc([C@@](C)(O)CCC(=O)c1ccc(OC[C@@H](C)O)c(OC)c1)nc2-c1ccc(F)cc1.CC[C@]1(NS(=O)C(C)(C)C)COc2c1cc([C@@](C)(O)CCC(=O)c1ccc(OC[C@@H](C)O)c(OC)c1)nc2Cl. The normalized spacial score (nSPS) is 19.1. The number of aromatic nitrogens is 3. The molecular weight excluding hydrogens is 1650 g/mol. The standard InChI is InChI=1S/C34H43FN2O7S.C30H35FN2O6.C28H39ClN2O7S/c1-8-34(37-45(41)32(3,4)5)20-44-31-25(34)18-29(36-30(31)22-9-12-24(35)13-10-22)33(6,40)16-15-26(39)23-11-14-27(28(17-23)42-7)43-19-21(2)38;1-5-30(32)17-39-28-22(30)15-26(33-27(28)19-6-9-21(31)10-7-19)29(3,36)13-12-23(35)20-8-11-24(25(14-20)37-4)38-16-18(2)34;1-8-28(31-39(35)26(3,4)5)16-38-24-19(28)14-23(30-25(24)29)27(6,34)12-11-20(33)18-9-10-21(22(13-18)36-7)37-15-17(2)32/h9-14,17-18,21,37-38,40H,8,15-16,19-20H2,1-7H3;6-11,14-15,18,34,36H,5,12-13,16-17,32H2,1-4H3;9-10,13-14,17,31-32,34H,8,11-12,15-16H2,1-7H3/t21-,33+,34+,45?;18-,29+,30+;17-,27+,28+,39?/m111/s1. The Labute approximate surface area is 728 Å². The van der Waals surface area contributed by atoms with Crippen molar-refractivity contribution in [3.05, 3.63) is 189 Å². The van der Waals surface area contributed by atoms with Gasteiger partial charge in [-0.15, -0.1) is 0 Å². The van der Waals surface area contributed by atoms with Gasteiger partial charge in [0.15, 0.2) is 74.2 Å². The Balaban J connectivity index is 0.000000210. The molecule has 3 aromatic heterocycles. The number of pyridine rings is 3. The highest BCUT2D eigenvalue weighted by atomic mass is 35.5. The molecule has 123 heavy (non-hydrogen) atoms. The van der Waals surface area contributed by atoms with Crippen molar-refractivity contribution in [2.45, 2.75) is 223 Å². The molecule has 0 bridgehead atoms. The number of carbonyl (C=O) groups excluding carboxylic acids is 3. The summed E-state index contributed by atoms with van der Waals surface area (Å²) in [5.74, 6) is 2.35. The van der Waals surface area contributed by atoms with Gasteiger partial charge in [-0.3, -0.25) is 14.4 Å². The zero-order chi connectivity index (χ0) is 90.7. The Hall–Kier alpha value is -9.15. The predicted molar refractivity (Wildman–Crippen MR) is 467 cm³/mol. The molecule has 0 radical (unpaired) electrons. The fraction of sp³-hybridized carbons (Fsp3) is 0.478. The van der Waals surface area contributed by atoms with Crippen LogP contribution in [0.5, 0.6) is 51.7 Å². The van der Waals surface area contributed by atoms with Gasteiger partial charge < -0.3 is 79.0 Å². The summed E-state index contributed by atoms with van der Waals surface area (Å²) in [6.45, 7) is 27.7. The number of fused-ring (bicyclic) bond motifs is 3. The maximum Gasteiger partial charge on any atom is 0.171 e. The van der Waals surface area contributed by atoms with Crippen LogP contribution in [0.2, 0.25) is 5.15 Å². The Morgan fingerprint density at radius 1 is 0.472 bits per heavy atom. The minimum Gasteiger partial charge on any atom is -0.493 e. The smallest absolute Gasteiger partial charge is 0.171 e. The molecule has 3 aliphatic heterocycles. The fourth-order valence-electron chi connectivity index (χ4n) is 13.6. The number of aliphatic hydroxyl groups is 6. The van der Waals surface area contributed by atoms with Gasteiger partial charge in [-0.1, -0.05) is 32.4 Å². The Morgan fingerprint density at radius 2 is 0.780 bits per heavy atom. The number of hydrogen-bond donors (Lipinski definition) is 9. The van der Waals surface area contributed by atoms with Crippen LogP contribution in [0.3, 0.4) is 0 Å². The largest absolute Gasteiger partial charge is 0.493 e. The van der Waals surface area contributed by atoms with Crippen LogP contribution in [0.15, 0.2) is 121 Å². The van der Waals surface area contributed by atoms with Crippen molar-refractivity contribution in [3.8, 4) is 74.3 Å². The van der Waals surface area contributed by atoms with E-state index in [1.807, 2.05) is 62.3 Å². The van der Waals surface area contributed by atoms with Crippen LogP contribution in [0.25, 0.3) is 22.5 Å². The highest BCUT2D eigenvalue weighted by molar-refractivity contribution is 7.84. The zero-order valence-corrected chi connectivity index (χ0v) is 75.5. The van der Waals surface area contributed by atoms with Crippen molar-refractivity contribution in [1.29, 1.82) is 0 Å². The van der Waals surface area contributed by atoms with E-state index in [4.69, 9.17) is 69.9 Å². The molecule has 8 aromatic rings. The van der Waals surface area contributed by atoms with Crippen molar-refractivity contribution in [2.24, 2.45) is 5.73 Å². The first-order valence-electron chi connectivity index (χ1n) is 40.9. The van der Waals surface area contributed by atoms with Gasteiger partial charge in [-0.25, -0.2) is 41.6 Å². The van der Waals surface area contributed by atoms with Crippen LogP contribution >= 0.6 is 11.6 Å². The lowest BCUT2D eigenvalue weighted by atomic mass is 9.86. The molecule has 5 aromatic carbocycles. The predicted octanol–water partition coefficient (Wildman–Crippen LogP) is 14.5. The number of ketones is 3. The minimum atomic E-state index is -1.55. The monoisotopic (exact) mass is 1760 g/mol. The molecular formula is C92H117ClF2N6O20S2. The minimum absolute atomic E-state index is 0.00358. The number of Topliss-reactive ketones (excluding diaryl/α,β-unsaturated/α-hetero) is 3. The van der Waals surface area contributed by atoms with Crippen LogP contribution in [0.1, 0.15) is 226 Å². The van der Waals surface area contributed by atoms with E-state index in [0.717, 1.165) is 5.56 Å². The summed E-state index contributed by atoms with van der Waals surface area (Å²) in [5.41, 5.74) is 6.12. The van der Waals surface area contributed by atoms with Crippen molar-refractivity contribution in [1.82, 2.24) is 24.4 Å². The first kappa shape index (κ1) is 97.7. The molecule has 26 nitrogen and oxygen atoms in total. The van der Waals surface area contributed by atoms with Crippen molar-refractivity contribution in [3.63, 3.8) is 0 Å². The molecule has 11 atom stereocenters. The van der Waals surface area contributed by atoms with E-state index in [9.17, 15) is 62.2 Å². The van der Waals surface area contributed by atoms with Crippen LogP contribution in [-0.4, -0.2) is 160 Å². The van der Waals surface area contributed by atoms with Crippen LogP contribution < -0.4 is 57.8 Å². The number of methoxy groups -OCH3 is 3. The number of aliphatic hydroxyl groups excluding tert-OH is 3. The molecule has 0 fully saturated rings. The number of benzene rings is 5. The van der Waals surface area contributed by atoms with Crippen molar-refractivity contribution in [2.75, 3.05) is 61.0 Å². The molecule has 0 saturated heterocycles.